The van der Waals surface area contributed by atoms with E-state index in [9.17, 15) is 19.7 Å². The molecule has 3 rings (SSSR count). The zero-order valence-electron chi connectivity index (χ0n) is 12.8. The first kappa shape index (κ1) is 16.2. The van der Waals surface area contributed by atoms with E-state index in [-0.39, 0.29) is 5.76 Å². The Morgan fingerprint density at radius 1 is 1.46 bits per heavy atom. The quantitative estimate of drug-likeness (QED) is 0.648. The Hall–Kier alpha value is -2.68. The number of nitrogens with two attached hydrogens (primary N) is 1. The highest BCUT2D eigenvalue weighted by molar-refractivity contribution is 7.17. The molecule has 0 fully saturated rings. The first-order chi connectivity index (χ1) is 11.4. The molecule has 1 unspecified atom stereocenters. The van der Waals surface area contributed by atoms with Gasteiger partial charge in [-0.1, -0.05) is 6.92 Å². The third-order valence-electron chi connectivity index (χ3n) is 3.98. The molecule has 1 aliphatic carbocycles. The highest BCUT2D eigenvalue weighted by atomic mass is 32.1. The number of hydrogen-bond acceptors (Lipinski definition) is 6. The minimum Gasteiger partial charge on any atom is -0.395 e. The lowest BCUT2D eigenvalue weighted by molar-refractivity contribution is -0.402. The summed E-state index contributed by atoms with van der Waals surface area (Å²) in [6.45, 7) is 2.13. The van der Waals surface area contributed by atoms with Gasteiger partial charge in [0.25, 0.3) is 11.8 Å². The molecular formula is C15H15N3O5S. The monoisotopic (exact) mass is 349 g/mol. The van der Waals surface area contributed by atoms with Crippen molar-refractivity contribution in [2.24, 2.45) is 11.7 Å². The Balaban J connectivity index is 1.90. The van der Waals surface area contributed by atoms with E-state index in [0.29, 0.717) is 16.5 Å². The molecule has 0 aliphatic heterocycles. The van der Waals surface area contributed by atoms with E-state index < -0.39 is 22.6 Å². The molecule has 126 valence electrons. The normalized spacial score (nSPS) is 16.5. The van der Waals surface area contributed by atoms with Crippen LogP contribution >= 0.6 is 11.3 Å². The van der Waals surface area contributed by atoms with Gasteiger partial charge in [0.15, 0.2) is 5.76 Å². The number of hydrogen-bond donors (Lipinski definition) is 2. The van der Waals surface area contributed by atoms with E-state index in [1.54, 1.807) is 0 Å². The number of carbonyl (C=O) groups excluding carboxylic acids is 2. The van der Waals surface area contributed by atoms with Crippen LogP contribution in [0.1, 0.15) is 44.7 Å². The van der Waals surface area contributed by atoms with Crippen molar-refractivity contribution in [1.29, 1.82) is 0 Å². The van der Waals surface area contributed by atoms with Crippen molar-refractivity contribution in [2.75, 3.05) is 5.32 Å². The molecule has 0 saturated heterocycles. The van der Waals surface area contributed by atoms with Crippen molar-refractivity contribution in [3.63, 3.8) is 0 Å². The summed E-state index contributed by atoms with van der Waals surface area (Å²) >= 11 is 1.32. The Morgan fingerprint density at radius 3 is 2.83 bits per heavy atom. The van der Waals surface area contributed by atoms with E-state index in [1.807, 2.05) is 0 Å². The fourth-order valence-electron chi connectivity index (χ4n) is 2.81. The summed E-state index contributed by atoms with van der Waals surface area (Å²) in [7, 11) is 0. The lowest BCUT2D eigenvalue weighted by Gasteiger charge is -2.18. The van der Waals surface area contributed by atoms with Gasteiger partial charge in [-0.05, 0) is 36.8 Å². The second-order valence-electron chi connectivity index (χ2n) is 5.77. The highest BCUT2D eigenvalue weighted by Gasteiger charge is 2.28. The van der Waals surface area contributed by atoms with Crippen molar-refractivity contribution < 1.29 is 18.9 Å². The van der Waals surface area contributed by atoms with Crippen LogP contribution in [-0.4, -0.2) is 16.7 Å². The van der Waals surface area contributed by atoms with Crippen molar-refractivity contribution in [3.05, 3.63) is 44.0 Å². The molecule has 8 nitrogen and oxygen atoms in total. The van der Waals surface area contributed by atoms with Gasteiger partial charge in [0.2, 0.25) is 0 Å². The Kier molecular flexibility index (Phi) is 4.10. The summed E-state index contributed by atoms with van der Waals surface area (Å²) in [5.41, 5.74) is 6.70. The molecule has 2 aromatic heterocycles. The zero-order chi connectivity index (χ0) is 17.4. The van der Waals surface area contributed by atoms with Gasteiger partial charge in [-0.25, -0.2) is 0 Å². The van der Waals surface area contributed by atoms with Gasteiger partial charge in [-0.15, -0.1) is 11.3 Å². The summed E-state index contributed by atoms with van der Waals surface area (Å²) < 4.78 is 4.88. The number of nitrogens with zero attached hydrogens (tertiary/aromatic N) is 1. The van der Waals surface area contributed by atoms with Gasteiger partial charge in [-0.2, -0.15) is 0 Å². The van der Waals surface area contributed by atoms with Gasteiger partial charge in [0.1, 0.15) is 9.92 Å². The molecule has 3 N–H and O–H groups in total. The number of primary amides is 1. The molecular weight excluding hydrogens is 334 g/mol. The third kappa shape index (κ3) is 2.90. The number of furan rings is 1. The average Bonchev–Trinajstić information content (AvgIpc) is 3.10. The Labute approximate surface area is 140 Å². The number of thiophene rings is 1. The number of amides is 2. The Morgan fingerprint density at radius 2 is 2.21 bits per heavy atom. The van der Waals surface area contributed by atoms with Crippen molar-refractivity contribution in [1.82, 2.24) is 0 Å². The molecule has 24 heavy (non-hydrogen) atoms. The summed E-state index contributed by atoms with van der Waals surface area (Å²) in [5, 5.41) is 13.6. The number of nitrogens with one attached hydrogen (secondary N) is 1. The highest BCUT2D eigenvalue weighted by Crippen LogP contribution is 2.39. The van der Waals surface area contributed by atoms with Gasteiger partial charge in [0, 0.05) is 4.88 Å². The maximum atomic E-state index is 12.2. The van der Waals surface area contributed by atoms with Crippen LogP contribution in [-0.2, 0) is 12.8 Å². The minimum absolute atomic E-state index is 0.197. The lowest BCUT2D eigenvalue weighted by atomic mass is 9.88. The molecule has 2 amide bonds. The van der Waals surface area contributed by atoms with Gasteiger partial charge < -0.3 is 15.5 Å². The first-order valence-electron chi connectivity index (χ1n) is 7.36. The molecule has 2 aromatic rings. The summed E-state index contributed by atoms with van der Waals surface area (Å²) in [5.74, 6) is -1.46. The maximum Gasteiger partial charge on any atom is 0.433 e. The van der Waals surface area contributed by atoms with E-state index >= 15 is 0 Å². The first-order valence-corrected chi connectivity index (χ1v) is 8.18. The van der Waals surface area contributed by atoms with Crippen LogP contribution in [0.2, 0.25) is 0 Å². The maximum absolute atomic E-state index is 12.2. The second kappa shape index (κ2) is 6.08. The van der Waals surface area contributed by atoms with Gasteiger partial charge in [0.05, 0.1) is 11.6 Å². The molecule has 2 heterocycles. The molecule has 0 bridgehead atoms. The van der Waals surface area contributed by atoms with Crippen molar-refractivity contribution in [3.8, 4) is 0 Å². The fourth-order valence-corrected chi connectivity index (χ4v) is 4.22. The summed E-state index contributed by atoms with van der Waals surface area (Å²) in [6, 6.07) is 2.32. The SMILES string of the molecule is CC1CCc2c(sc(NC(=O)c3ccc([N+](=O)[O-])o3)c2C(N)=O)C1. The van der Waals surface area contributed by atoms with E-state index in [2.05, 4.69) is 12.2 Å². The van der Waals surface area contributed by atoms with Gasteiger partial charge in [-0.3, -0.25) is 19.7 Å². The number of carbonyl (C=O) groups is 2. The average molecular weight is 349 g/mol. The van der Waals surface area contributed by atoms with Gasteiger partial charge >= 0.3 is 5.88 Å². The summed E-state index contributed by atoms with van der Waals surface area (Å²) in [4.78, 5) is 35.0. The predicted octanol–water partition coefficient (Wildman–Crippen LogP) is 2.73. The van der Waals surface area contributed by atoms with Crippen LogP contribution in [0.25, 0.3) is 0 Å². The third-order valence-corrected chi connectivity index (χ3v) is 5.15. The number of nitro groups is 1. The zero-order valence-corrected chi connectivity index (χ0v) is 13.6. The molecule has 0 aromatic carbocycles. The van der Waals surface area contributed by atoms with Crippen LogP contribution in [0.5, 0.6) is 0 Å². The number of fused-ring (bicyclic) bond motifs is 1. The topological polar surface area (TPSA) is 128 Å². The molecule has 0 saturated carbocycles. The lowest BCUT2D eigenvalue weighted by Crippen LogP contribution is -2.19. The van der Waals surface area contributed by atoms with E-state index in [4.69, 9.17) is 10.2 Å². The minimum atomic E-state index is -0.725. The molecule has 0 spiro atoms. The van der Waals surface area contributed by atoms with Crippen LogP contribution in [0.3, 0.4) is 0 Å². The smallest absolute Gasteiger partial charge is 0.395 e. The Bertz CT molecular complexity index is 838. The largest absolute Gasteiger partial charge is 0.433 e. The molecule has 1 aliphatic rings. The number of anilines is 1. The van der Waals surface area contributed by atoms with Crippen LogP contribution < -0.4 is 11.1 Å². The summed E-state index contributed by atoms with van der Waals surface area (Å²) in [6.07, 6.45) is 2.54. The molecule has 9 heteroatoms. The number of rotatable bonds is 4. The fraction of sp³-hybridized carbons (Fsp3) is 0.333. The van der Waals surface area contributed by atoms with Crippen molar-refractivity contribution >= 4 is 34.0 Å². The molecule has 1 atom stereocenters. The van der Waals surface area contributed by atoms with E-state index in [1.165, 1.54) is 17.4 Å². The predicted molar refractivity (Wildman–Crippen MR) is 87.3 cm³/mol. The van der Waals surface area contributed by atoms with Crippen LogP contribution in [0.15, 0.2) is 16.5 Å². The van der Waals surface area contributed by atoms with Crippen LogP contribution in [0.4, 0.5) is 10.9 Å². The van der Waals surface area contributed by atoms with E-state index in [0.717, 1.165) is 35.8 Å². The molecule has 0 radical (unpaired) electrons. The second-order valence-corrected chi connectivity index (χ2v) is 6.87. The standard InChI is InChI=1S/C15H15N3O5S/c1-7-2-3-8-10(6-7)24-15(12(8)13(16)19)17-14(20)9-4-5-11(23-9)18(21)22/h4-5,7H,2-3,6H2,1H3,(H2,16,19)(H,17,20). The van der Waals surface area contributed by atoms with Crippen molar-refractivity contribution in [2.45, 2.75) is 26.2 Å². The van der Waals surface area contributed by atoms with Crippen LogP contribution in [0, 0.1) is 16.0 Å².